The molecule has 3 nitrogen and oxygen atoms in total. The first-order chi connectivity index (χ1) is 8.06. The summed E-state index contributed by atoms with van der Waals surface area (Å²) < 4.78 is 5.86. The van der Waals surface area contributed by atoms with E-state index in [9.17, 15) is 0 Å². The van der Waals surface area contributed by atoms with Crippen LogP contribution < -0.4 is 5.32 Å². The van der Waals surface area contributed by atoms with Gasteiger partial charge in [-0.2, -0.15) is 0 Å². The lowest BCUT2D eigenvalue weighted by molar-refractivity contribution is 0.227. The molecule has 1 aromatic rings. The van der Waals surface area contributed by atoms with Crippen molar-refractivity contribution >= 4 is 0 Å². The van der Waals surface area contributed by atoms with Crippen LogP contribution in [0.1, 0.15) is 37.9 Å². The van der Waals surface area contributed by atoms with Gasteiger partial charge in [0.05, 0.1) is 13.1 Å². The van der Waals surface area contributed by atoms with E-state index in [1.165, 1.54) is 5.56 Å². The molecule has 1 N–H and O–H groups in total. The van der Waals surface area contributed by atoms with Gasteiger partial charge in [0.25, 0.3) is 0 Å². The Morgan fingerprint density at radius 2 is 2.12 bits per heavy atom. The van der Waals surface area contributed by atoms with E-state index in [1.807, 2.05) is 7.05 Å². The monoisotopic (exact) mass is 238 g/mol. The zero-order chi connectivity index (χ0) is 12.8. The zero-order valence-electron chi connectivity index (χ0n) is 11.8. The molecule has 1 rings (SSSR count). The Morgan fingerprint density at radius 3 is 2.65 bits per heavy atom. The molecule has 0 aromatic carbocycles. The maximum atomic E-state index is 5.86. The second-order valence-electron chi connectivity index (χ2n) is 5.07. The van der Waals surface area contributed by atoms with Gasteiger partial charge < -0.3 is 9.73 Å². The average Bonchev–Trinajstić information content (AvgIpc) is 2.58. The maximum absolute atomic E-state index is 5.86. The molecule has 98 valence electrons. The molecule has 1 heterocycles. The maximum Gasteiger partial charge on any atom is 0.120 e. The molecule has 0 unspecified atom stereocenters. The number of rotatable bonds is 7. The highest BCUT2D eigenvalue weighted by atomic mass is 16.3. The topological polar surface area (TPSA) is 28.4 Å². The van der Waals surface area contributed by atoms with E-state index in [0.29, 0.717) is 5.92 Å². The van der Waals surface area contributed by atoms with Crippen molar-refractivity contribution in [1.29, 1.82) is 0 Å². The Hall–Kier alpha value is -0.800. The van der Waals surface area contributed by atoms with Crippen LogP contribution in [0.3, 0.4) is 0 Å². The van der Waals surface area contributed by atoms with Crippen molar-refractivity contribution < 1.29 is 4.42 Å². The first-order valence-corrected chi connectivity index (χ1v) is 6.51. The Kier molecular flexibility index (Phi) is 5.72. The molecule has 0 radical (unpaired) electrons. The molecule has 0 aliphatic rings. The third-order valence-corrected chi connectivity index (χ3v) is 2.86. The molecule has 0 amide bonds. The number of hydrogen-bond donors (Lipinski definition) is 1. The van der Waals surface area contributed by atoms with Gasteiger partial charge in [-0.1, -0.05) is 20.8 Å². The fraction of sp³-hybridized carbons (Fsp3) is 0.714. The largest absolute Gasteiger partial charge is 0.463 e. The van der Waals surface area contributed by atoms with E-state index in [2.05, 4.69) is 44.0 Å². The average molecular weight is 238 g/mol. The normalized spacial score (nSPS) is 11.7. The Morgan fingerprint density at radius 1 is 1.41 bits per heavy atom. The number of nitrogens with one attached hydrogen (secondary N) is 1. The van der Waals surface area contributed by atoms with Gasteiger partial charge in [-0.3, -0.25) is 4.90 Å². The van der Waals surface area contributed by atoms with Crippen molar-refractivity contribution in [3.8, 4) is 0 Å². The van der Waals surface area contributed by atoms with Crippen LogP contribution in [0.4, 0.5) is 0 Å². The lowest BCUT2D eigenvalue weighted by Crippen LogP contribution is -2.26. The summed E-state index contributed by atoms with van der Waals surface area (Å²) in [7, 11) is 1.94. The van der Waals surface area contributed by atoms with E-state index in [4.69, 9.17) is 4.42 Å². The highest BCUT2D eigenvalue weighted by Crippen LogP contribution is 2.16. The summed E-state index contributed by atoms with van der Waals surface area (Å²) in [5.41, 5.74) is 1.25. The molecule has 3 heteroatoms. The van der Waals surface area contributed by atoms with Gasteiger partial charge in [0.15, 0.2) is 0 Å². The van der Waals surface area contributed by atoms with Crippen molar-refractivity contribution in [2.75, 3.05) is 20.1 Å². The van der Waals surface area contributed by atoms with Crippen molar-refractivity contribution in [1.82, 2.24) is 10.2 Å². The molecule has 0 aliphatic carbocycles. The summed E-state index contributed by atoms with van der Waals surface area (Å²) in [6, 6.07) is 2.16. The molecule has 0 atom stereocenters. The van der Waals surface area contributed by atoms with Gasteiger partial charge in [-0.15, -0.1) is 0 Å². The van der Waals surface area contributed by atoms with Crippen molar-refractivity contribution in [3.63, 3.8) is 0 Å². The lowest BCUT2D eigenvalue weighted by atomic mass is 10.2. The van der Waals surface area contributed by atoms with E-state index < -0.39 is 0 Å². The quantitative estimate of drug-likeness (QED) is 0.792. The van der Waals surface area contributed by atoms with Gasteiger partial charge in [0.1, 0.15) is 11.5 Å². The summed E-state index contributed by atoms with van der Waals surface area (Å²) in [5.74, 6) is 2.83. The number of furan rings is 1. The number of aryl methyl sites for hydroxylation is 1. The molecule has 0 spiro atoms. The second kappa shape index (κ2) is 6.82. The van der Waals surface area contributed by atoms with Gasteiger partial charge in [0, 0.05) is 6.54 Å². The molecule has 0 fully saturated rings. The SMILES string of the molecule is CCN(Cc1cc(C)c(CNC)o1)CC(C)C. The fourth-order valence-corrected chi connectivity index (χ4v) is 2.05. The number of nitrogens with zero attached hydrogens (tertiary/aromatic N) is 1. The van der Waals surface area contributed by atoms with E-state index in [0.717, 1.165) is 37.7 Å². The van der Waals surface area contributed by atoms with Crippen LogP contribution in [0, 0.1) is 12.8 Å². The second-order valence-corrected chi connectivity index (χ2v) is 5.07. The molecular weight excluding hydrogens is 212 g/mol. The van der Waals surface area contributed by atoms with E-state index in [-0.39, 0.29) is 0 Å². The summed E-state index contributed by atoms with van der Waals surface area (Å²) in [6.45, 7) is 12.7. The minimum atomic E-state index is 0.697. The predicted molar refractivity (Wildman–Crippen MR) is 72.0 cm³/mol. The van der Waals surface area contributed by atoms with Crippen LogP contribution in [0.5, 0.6) is 0 Å². The molecular formula is C14H26N2O. The van der Waals surface area contributed by atoms with E-state index >= 15 is 0 Å². The van der Waals surface area contributed by atoms with Crippen LogP contribution in [-0.4, -0.2) is 25.0 Å². The predicted octanol–water partition coefficient (Wildman–Crippen LogP) is 2.79. The van der Waals surface area contributed by atoms with Gasteiger partial charge >= 0.3 is 0 Å². The molecule has 0 saturated heterocycles. The van der Waals surface area contributed by atoms with Gasteiger partial charge in [0.2, 0.25) is 0 Å². The van der Waals surface area contributed by atoms with E-state index in [1.54, 1.807) is 0 Å². The van der Waals surface area contributed by atoms with Crippen LogP contribution in [0.25, 0.3) is 0 Å². The standard InChI is InChI=1S/C14H26N2O/c1-6-16(9-11(2)3)10-13-7-12(4)14(17-13)8-15-5/h7,11,15H,6,8-10H2,1-5H3. The molecule has 0 aliphatic heterocycles. The summed E-state index contributed by atoms with van der Waals surface area (Å²) in [6.07, 6.45) is 0. The smallest absolute Gasteiger partial charge is 0.120 e. The van der Waals surface area contributed by atoms with Crippen LogP contribution >= 0.6 is 0 Å². The zero-order valence-corrected chi connectivity index (χ0v) is 11.8. The molecule has 0 saturated carbocycles. The third-order valence-electron chi connectivity index (χ3n) is 2.86. The summed E-state index contributed by atoms with van der Waals surface area (Å²) in [4.78, 5) is 2.42. The lowest BCUT2D eigenvalue weighted by Gasteiger charge is -2.21. The molecule has 17 heavy (non-hydrogen) atoms. The van der Waals surface area contributed by atoms with Gasteiger partial charge in [-0.25, -0.2) is 0 Å². The fourth-order valence-electron chi connectivity index (χ4n) is 2.05. The Balaban J connectivity index is 2.63. The van der Waals surface area contributed by atoms with Crippen molar-refractivity contribution in [3.05, 3.63) is 23.2 Å². The third kappa shape index (κ3) is 4.52. The highest BCUT2D eigenvalue weighted by Gasteiger charge is 2.11. The van der Waals surface area contributed by atoms with Crippen molar-refractivity contribution in [2.24, 2.45) is 5.92 Å². The summed E-state index contributed by atoms with van der Waals surface area (Å²) >= 11 is 0. The van der Waals surface area contributed by atoms with Crippen molar-refractivity contribution in [2.45, 2.75) is 40.8 Å². The minimum absolute atomic E-state index is 0.697. The number of hydrogen-bond acceptors (Lipinski definition) is 3. The first-order valence-electron chi connectivity index (χ1n) is 6.51. The minimum Gasteiger partial charge on any atom is -0.463 e. The Bertz CT molecular complexity index is 331. The van der Waals surface area contributed by atoms with Crippen LogP contribution in [0.2, 0.25) is 0 Å². The molecule has 1 aromatic heterocycles. The summed E-state index contributed by atoms with van der Waals surface area (Å²) in [5, 5.41) is 3.13. The highest BCUT2D eigenvalue weighted by molar-refractivity contribution is 5.19. The van der Waals surface area contributed by atoms with Crippen LogP contribution in [0.15, 0.2) is 10.5 Å². The Labute approximate surface area is 105 Å². The molecule has 0 bridgehead atoms. The van der Waals surface area contributed by atoms with Gasteiger partial charge in [-0.05, 0) is 38.1 Å². The first kappa shape index (κ1) is 14.3. The van der Waals surface area contributed by atoms with Crippen LogP contribution in [-0.2, 0) is 13.1 Å².